The van der Waals surface area contributed by atoms with Crippen molar-refractivity contribution in [3.63, 3.8) is 0 Å². The minimum atomic E-state index is -0.447. The van der Waals surface area contributed by atoms with Crippen molar-refractivity contribution >= 4 is 39.8 Å². The molecule has 11 heteroatoms. The number of carbonyl (C=O) groups is 2. The average Bonchev–Trinajstić information content (AvgIpc) is 3.24. The number of urea groups is 1. The maximum atomic E-state index is 12.6. The number of amides is 2. The van der Waals surface area contributed by atoms with Crippen molar-refractivity contribution in [1.82, 2.24) is 15.0 Å². The van der Waals surface area contributed by atoms with Crippen LogP contribution >= 0.6 is 11.3 Å². The highest BCUT2D eigenvalue weighted by atomic mass is 32.1. The fourth-order valence-corrected chi connectivity index (χ4v) is 4.58. The zero-order chi connectivity index (χ0) is 24.2. The smallest absolute Gasteiger partial charge is 0.325 e. The Kier molecular flexibility index (Phi) is 6.92. The van der Waals surface area contributed by atoms with Gasteiger partial charge in [-0.1, -0.05) is 37.3 Å². The largest absolute Gasteiger partial charge is 0.481 e. The summed E-state index contributed by atoms with van der Waals surface area (Å²) in [4.78, 5) is 41.4. The molecule has 0 bridgehead atoms. The Morgan fingerprint density at radius 2 is 1.88 bits per heavy atom. The Hall–Kier alpha value is -3.73. The van der Waals surface area contributed by atoms with Gasteiger partial charge in [0.05, 0.1) is 32.1 Å². The summed E-state index contributed by atoms with van der Waals surface area (Å²) in [5.74, 6) is 0.918. The van der Waals surface area contributed by atoms with Crippen LogP contribution in [0.1, 0.15) is 34.8 Å². The maximum Gasteiger partial charge on any atom is 0.325 e. The molecule has 0 unspecified atom stereocenters. The maximum absolute atomic E-state index is 12.6. The second-order valence-electron chi connectivity index (χ2n) is 7.96. The first-order valence-corrected chi connectivity index (χ1v) is 11.6. The number of fused-ring (bicyclic) bond motifs is 1. The molecule has 3 heterocycles. The number of anilines is 3. The molecule has 3 aromatic rings. The monoisotopic (exact) mass is 482 g/mol. The lowest BCUT2D eigenvalue weighted by molar-refractivity contribution is 0.0940. The van der Waals surface area contributed by atoms with Crippen LogP contribution in [0.15, 0.2) is 30.3 Å². The lowest BCUT2D eigenvalue weighted by atomic mass is 9.99. The van der Waals surface area contributed by atoms with Crippen molar-refractivity contribution in [2.24, 2.45) is 5.92 Å². The molecular weight excluding hydrogens is 456 g/mol. The number of benzene rings is 1. The van der Waals surface area contributed by atoms with E-state index in [9.17, 15) is 9.59 Å². The number of para-hydroxylation sites is 1. The van der Waals surface area contributed by atoms with Gasteiger partial charge in [0, 0.05) is 35.4 Å². The van der Waals surface area contributed by atoms with E-state index in [4.69, 9.17) is 9.47 Å². The first-order valence-electron chi connectivity index (χ1n) is 10.8. The number of thiazole rings is 1. The van der Waals surface area contributed by atoms with Gasteiger partial charge in [-0.05, 0) is 12.1 Å². The Morgan fingerprint density at radius 1 is 1.09 bits per heavy atom. The van der Waals surface area contributed by atoms with Gasteiger partial charge in [0.2, 0.25) is 5.88 Å². The topological polar surface area (TPSA) is 119 Å². The van der Waals surface area contributed by atoms with Gasteiger partial charge in [0.1, 0.15) is 5.82 Å². The SMILES string of the molecule is COc1cc(N2CCc3nc(NC(=O)Nc4ccccc4C(=O)C(C)C)sc3C2)nc(OC)n1. The first-order chi connectivity index (χ1) is 16.4. The first kappa shape index (κ1) is 23.4. The number of aromatic nitrogens is 3. The zero-order valence-corrected chi connectivity index (χ0v) is 20.2. The van der Waals surface area contributed by atoms with Gasteiger partial charge >= 0.3 is 12.0 Å². The Labute approximate surface area is 201 Å². The van der Waals surface area contributed by atoms with E-state index in [2.05, 4.69) is 30.5 Å². The second-order valence-corrected chi connectivity index (χ2v) is 9.04. The number of Topliss-reactive ketones (excluding diaryl/α,β-unsaturated/α-hetero) is 1. The third-order valence-electron chi connectivity index (χ3n) is 5.30. The molecule has 2 aromatic heterocycles. The fraction of sp³-hybridized carbons (Fsp3) is 0.348. The van der Waals surface area contributed by atoms with Gasteiger partial charge in [-0.2, -0.15) is 9.97 Å². The number of rotatable bonds is 7. The molecular formula is C23H26N6O4S. The predicted molar refractivity (Wildman–Crippen MR) is 130 cm³/mol. The third kappa shape index (κ3) is 5.09. The van der Waals surface area contributed by atoms with Crippen LogP contribution in [0, 0.1) is 5.92 Å². The van der Waals surface area contributed by atoms with Gasteiger partial charge in [-0.15, -0.1) is 0 Å². The van der Waals surface area contributed by atoms with Gasteiger partial charge in [0.25, 0.3) is 0 Å². The van der Waals surface area contributed by atoms with Crippen molar-refractivity contribution in [2.75, 3.05) is 36.3 Å². The Balaban J connectivity index is 1.46. The highest BCUT2D eigenvalue weighted by Crippen LogP contribution is 2.32. The van der Waals surface area contributed by atoms with E-state index >= 15 is 0 Å². The second kappa shape index (κ2) is 10.0. The minimum absolute atomic E-state index is 0.0290. The Bertz CT molecular complexity index is 1190. The number of ketones is 1. The molecule has 178 valence electrons. The van der Waals surface area contributed by atoms with Crippen LogP contribution in [0.25, 0.3) is 0 Å². The van der Waals surface area contributed by atoms with E-state index in [1.54, 1.807) is 37.4 Å². The number of ether oxygens (including phenoxy) is 2. The average molecular weight is 483 g/mol. The molecule has 1 aliphatic rings. The number of nitrogens with zero attached hydrogens (tertiary/aromatic N) is 4. The number of methoxy groups -OCH3 is 2. The molecule has 2 N–H and O–H groups in total. The number of hydrogen-bond donors (Lipinski definition) is 2. The minimum Gasteiger partial charge on any atom is -0.481 e. The van der Waals surface area contributed by atoms with Crippen LogP contribution in [0.5, 0.6) is 11.9 Å². The van der Waals surface area contributed by atoms with E-state index in [1.807, 2.05) is 13.8 Å². The molecule has 10 nitrogen and oxygen atoms in total. The molecule has 2 amide bonds. The molecule has 34 heavy (non-hydrogen) atoms. The lowest BCUT2D eigenvalue weighted by Crippen LogP contribution is -2.30. The van der Waals surface area contributed by atoms with Crippen LogP contribution in [-0.2, 0) is 13.0 Å². The normalized spacial score (nSPS) is 12.8. The molecule has 0 atom stereocenters. The molecule has 1 aromatic carbocycles. The van der Waals surface area contributed by atoms with Crippen LogP contribution in [0.3, 0.4) is 0 Å². The van der Waals surface area contributed by atoms with Gasteiger partial charge in [0.15, 0.2) is 10.9 Å². The van der Waals surface area contributed by atoms with Gasteiger partial charge in [-0.25, -0.2) is 9.78 Å². The van der Waals surface area contributed by atoms with Crippen LogP contribution < -0.4 is 25.0 Å². The van der Waals surface area contributed by atoms with Crippen LogP contribution in [0.2, 0.25) is 0 Å². The highest BCUT2D eigenvalue weighted by Gasteiger charge is 2.24. The summed E-state index contributed by atoms with van der Waals surface area (Å²) in [5.41, 5.74) is 1.90. The van der Waals surface area contributed by atoms with E-state index in [0.717, 1.165) is 10.6 Å². The summed E-state index contributed by atoms with van der Waals surface area (Å²) in [5, 5.41) is 6.07. The summed E-state index contributed by atoms with van der Waals surface area (Å²) in [6, 6.07) is 8.53. The number of nitrogens with one attached hydrogen (secondary N) is 2. The summed E-state index contributed by atoms with van der Waals surface area (Å²) in [7, 11) is 3.05. The third-order valence-corrected chi connectivity index (χ3v) is 6.30. The zero-order valence-electron chi connectivity index (χ0n) is 19.4. The molecule has 0 saturated heterocycles. The van der Waals surface area contributed by atoms with Crippen molar-refractivity contribution in [3.8, 4) is 11.9 Å². The van der Waals surface area contributed by atoms with E-state index < -0.39 is 6.03 Å². The van der Waals surface area contributed by atoms with Crippen molar-refractivity contribution in [2.45, 2.75) is 26.8 Å². The Morgan fingerprint density at radius 3 is 2.62 bits per heavy atom. The summed E-state index contributed by atoms with van der Waals surface area (Å²) >= 11 is 1.41. The van der Waals surface area contributed by atoms with Crippen molar-refractivity contribution < 1.29 is 19.1 Å². The summed E-state index contributed by atoms with van der Waals surface area (Å²) in [6.07, 6.45) is 0.704. The van der Waals surface area contributed by atoms with Crippen LogP contribution in [-0.4, -0.2) is 47.5 Å². The summed E-state index contributed by atoms with van der Waals surface area (Å²) < 4.78 is 10.4. The standard InChI is InChI=1S/C23H26N6O4S/c1-13(2)20(30)14-7-5-6-8-15(14)24-21(31)28-23-25-16-9-10-29(12-17(16)34-23)18-11-19(32-3)27-22(26-18)33-4/h5-8,11,13H,9-10,12H2,1-4H3,(H2,24,25,28,31). The molecule has 0 fully saturated rings. The van der Waals surface area contributed by atoms with Gasteiger partial charge < -0.3 is 19.7 Å². The fourth-order valence-electron chi connectivity index (χ4n) is 3.56. The van der Waals surface area contributed by atoms with Crippen LogP contribution in [0.4, 0.5) is 21.4 Å². The highest BCUT2D eigenvalue weighted by molar-refractivity contribution is 7.15. The number of hydrogen-bond acceptors (Lipinski definition) is 9. The molecule has 4 rings (SSSR count). The van der Waals surface area contributed by atoms with E-state index in [1.165, 1.54) is 18.4 Å². The van der Waals surface area contributed by atoms with Crippen molar-refractivity contribution in [1.29, 1.82) is 0 Å². The summed E-state index contributed by atoms with van der Waals surface area (Å²) in [6.45, 7) is 4.95. The van der Waals surface area contributed by atoms with E-state index in [0.29, 0.717) is 47.6 Å². The van der Waals surface area contributed by atoms with Crippen molar-refractivity contribution in [3.05, 3.63) is 46.5 Å². The molecule has 1 aliphatic heterocycles. The molecule has 0 radical (unpaired) electrons. The van der Waals surface area contributed by atoms with E-state index in [-0.39, 0.29) is 17.7 Å². The molecule has 0 spiro atoms. The predicted octanol–water partition coefficient (Wildman–Crippen LogP) is 4.00. The number of carbonyl (C=O) groups excluding carboxylic acids is 2. The lowest BCUT2D eigenvalue weighted by Gasteiger charge is -2.27. The molecule has 0 saturated carbocycles. The van der Waals surface area contributed by atoms with Gasteiger partial charge in [-0.3, -0.25) is 10.1 Å². The quantitative estimate of drug-likeness (QED) is 0.485. The molecule has 0 aliphatic carbocycles.